The van der Waals surface area contributed by atoms with Crippen LogP contribution < -0.4 is 14.8 Å². The Balaban J connectivity index is 1.78. The summed E-state index contributed by atoms with van der Waals surface area (Å²) in [5.74, 6) is 1.09. The fourth-order valence-corrected chi connectivity index (χ4v) is 4.37. The molecular weight excluding hydrogens is 416 g/mol. The topological polar surface area (TPSA) is 67.9 Å². The van der Waals surface area contributed by atoms with Crippen LogP contribution in [-0.2, 0) is 16.1 Å². The number of nitrogens with one attached hydrogen (secondary N) is 1. The van der Waals surface area contributed by atoms with Gasteiger partial charge in [0, 0.05) is 12.6 Å². The summed E-state index contributed by atoms with van der Waals surface area (Å²) in [4.78, 5) is 28.3. The Labute approximate surface area is 197 Å². The number of nitrogens with zero attached hydrogens (tertiary/aromatic N) is 1. The first kappa shape index (κ1) is 24.6. The lowest BCUT2D eigenvalue weighted by atomic mass is 9.95. The van der Waals surface area contributed by atoms with Gasteiger partial charge in [0.1, 0.15) is 17.5 Å². The van der Waals surface area contributed by atoms with Crippen molar-refractivity contribution in [1.29, 1.82) is 0 Å². The number of hydrogen-bond acceptors (Lipinski definition) is 4. The lowest BCUT2D eigenvalue weighted by molar-refractivity contribution is -0.143. The Morgan fingerprint density at radius 3 is 2.55 bits per heavy atom. The van der Waals surface area contributed by atoms with Crippen molar-refractivity contribution >= 4 is 11.8 Å². The minimum absolute atomic E-state index is 0.0865. The first-order valence-electron chi connectivity index (χ1n) is 11.9. The van der Waals surface area contributed by atoms with Crippen molar-refractivity contribution in [2.24, 2.45) is 0 Å². The molecule has 0 saturated heterocycles. The molecule has 2 aromatic rings. The van der Waals surface area contributed by atoms with Gasteiger partial charge in [-0.2, -0.15) is 0 Å². The summed E-state index contributed by atoms with van der Waals surface area (Å²) < 4.78 is 11.2. The molecule has 178 valence electrons. The normalized spacial score (nSPS) is 14.9. The highest BCUT2D eigenvalue weighted by atomic mass is 16.5. The van der Waals surface area contributed by atoms with E-state index in [-0.39, 0.29) is 24.5 Å². The molecule has 0 radical (unpaired) electrons. The zero-order valence-corrected chi connectivity index (χ0v) is 20.0. The Morgan fingerprint density at radius 1 is 1.09 bits per heavy atom. The van der Waals surface area contributed by atoms with E-state index in [9.17, 15) is 9.59 Å². The summed E-state index contributed by atoms with van der Waals surface area (Å²) in [6.07, 6.45) is 6.03. The van der Waals surface area contributed by atoms with Crippen LogP contribution in [0.2, 0.25) is 0 Å². The van der Waals surface area contributed by atoms with Crippen LogP contribution in [0.1, 0.15) is 56.6 Å². The summed E-state index contributed by atoms with van der Waals surface area (Å²) >= 11 is 0. The average Bonchev–Trinajstić information content (AvgIpc) is 2.84. The van der Waals surface area contributed by atoms with Gasteiger partial charge in [-0.15, -0.1) is 0 Å². The molecule has 3 rings (SSSR count). The third kappa shape index (κ3) is 6.98. The van der Waals surface area contributed by atoms with E-state index >= 15 is 0 Å². The minimum Gasteiger partial charge on any atom is -0.497 e. The van der Waals surface area contributed by atoms with Crippen molar-refractivity contribution in [2.45, 2.75) is 71.0 Å². The number of carbonyl (C=O) groups is 2. The smallest absolute Gasteiger partial charge is 0.261 e. The fourth-order valence-electron chi connectivity index (χ4n) is 4.37. The molecule has 0 spiro atoms. The van der Waals surface area contributed by atoms with Gasteiger partial charge in [-0.25, -0.2) is 0 Å². The summed E-state index contributed by atoms with van der Waals surface area (Å²) in [6.45, 7) is 4.07. The van der Waals surface area contributed by atoms with Crippen LogP contribution in [0.3, 0.4) is 0 Å². The second-order valence-electron chi connectivity index (χ2n) is 8.69. The number of hydrogen-bond donors (Lipinski definition) is 1. The van der Waals surface area contributed by atoms with Gasteiger partial charge in [-0.3, -0.25) is 9.59 Å². The summed E-state index contributed by atoms with van der Waals surface area (Å²) in [5, 5.41) is 3.20. The molecule has 33 heavy (non-hydrogen) atoms. The number of para-hydroxylation sites is 1. The molecule has 2 aromatic carbocycles. The number of carbonyl (C=O) groups excluding carboxylic acids is 2. The Bertz CT molecular complexity index is 924. The van der Waals surface area contributed by atoms with E-state index in [4.69, 9.17) is 9.47 Å². The highest BCUT2D eigenvalue weighted by Gasteiger charge is 2.30. The van der Waals surface area contributed by atoms with E-state index in [1.807, 2.05) is 62.4 Å². The van der Waals surface area contributed by atoms with Gasteiger partial charge >= 0.3 is 0 Å². The maximum Gasteiger partial charge on any atom is 0.261 e. The van der Waals surface area contributed by atoms with Crippen LogP contribution in [0.4, 0.5) is 0 Å². The lowest BCUT2D eigenvalue weighted by Crippen LogP contribution is -2.52. The standard InChI is InChI=1S/C27H36N2O4/c1-4-24(27(31)28-22-13-6-5-7-14-22)29(18-21-12-10-15-23(17-21)32-3)26(30)19-33-25-16-9-8-11-20(25)2/h8-12,15-17,22,24H,4-7,13-14,18-19H2,1-3H3,(H,28,31)/t24-/m0/s1. The van der Waals surface area contributed by atoms with E-state index in [2.05, 4.69) is 5.32 Å². The van der Waals surface area contributed by atoms with Crippen LogP contribution in [0.5, 0.6) is 11.5 Å². The molecule has 0 aliphatic heterocycles. The molecular formula is C27H36N2O4. The van der Waals surface area contributed by atoms with Gasteiger partial charge in [0.2, 0.25) is 5.91 Å². The van der Waals surface area contributed by atoms with Gasteiger partial charge in [0.25, 0.3) is 5.91 Å². The second-order valence-corrected chi connectivity index (χ2v) is 8.69. The van der Waals surface area contributed by atoms with Crippen molar-refractivity contribution in [3.63, 3.8) is 0 Å². The van der Waals surface area contributed by atoms with Crippen LogP contribution in [0.15, 0.2) is 48.5 Å². The highest BCUT2D eigenvalue weighted by Crippen LogP contribution is 2.21. The van der Waals surface area contributed by atoms with E-state index in [1.165, 1.54) is 6.42 Å². The minimum atomic E-state index is -0.564. The molecule has 0 heterocycles. The predicted octanol–water partition coefficient (Wildman–Crippen LogP) is 4.64. The van der Waals surface area contributed by atoms with Crippen molar-refractivity contribution in [2.75, 3.05) is 13.7 Å². The number of benzene rings is 2. The molecule has 0 aromatic heterocycles. The number of methoxy groups -OCH3 is 1. The molecule has 1 saturated carbocycles. The van der Waals surface area contributed by atoms with E-state index in [0.29, 0.717) is 18.7 Å². The summed E-state index contributed by atoms with van der Waals surface area (Å²) in [5.41, 5.74) is 1.87. The van der Waals surface area contributed by atoms with Gasteiger partial charge in [-0.1, -0.05) is 56.5 Å². The van der Waals surface area contributed by atoms with Gasteiger partial charge < -0.3 is 19.7 Å². The predicted molar refractivity (Wildman–Crippen MR) is 129 cm³/mol. The molecule has 6 heteroatoms. The summed E-state index contributed by atoms with van der Waals surface area (Å²) in [7, 11) is 1.62. The third-order valence-electron chi connectivity index (χ3n) is 6.27. The Hall–Kier alpha value is -3.02. The van der Waals surface area contributed by atoms with Crippen molar-refractivity contribution in [3.8, 4) is 11.5 Å². The monoisotopic (exact) mass is 452 g/mol. The molecule has 1 atom stereocenters. The molecule has 6 nitrogen and oxygen atoms in total. The molecule has 0 unspecified atom stereocenters. The van der Waals surface area contributed by atoms with Crippen LogP contribution in [0, 0.1) is 6.92 Å². The SMILES string of the molecule is CC[C@@H](C(=O)NC1CCCCC1)N(Cc1cccc(OC)c1)C(=O)COc1ccccc1C. The molecule has 0 bridgehead atoms. The second kappa shape index (κ2) is 12.3. The molecule has 2 amide bonds. The van der Waals surface area contributed by atoms with Crippen LogP contribution in [-0.4, -0.2) is 42.5 Å². The number of amides is 2. The van der Waals surface area contributed by atoms with E-state index in [1.54, 1.807) is 12.0 Å². The van der Waals surface area contributed by atoms with Crippen molar-refractivity contribution in [1.82, 2.24) is 10.2 Å². The number of rotatable bonds is 10. The number of aryl methyl sites for hydroxylation is 1. The molecule has 1 N–H and O–H groups in total. The van der Waals surface area contributed by atoms with Crippen LogP contribution in [0.25, 0.3) is 0 Å². The maximum absolute atomic E-state index is 13.4. The average molecular weight is 453 g/mol. The Kier molecular flexibility index (Phi) is 9.16. The molecule has 1 aliphatic rings. The van der Waals surface area contributed by atoms with E-state index < -0.39 is 6.04 Å². The molecule has 1 aliphatic carbocycles. The molecule has 1 fully saturated rings. The van der Waals surface area contributed by atoms with Gasteiger partial charge in [0.15, 0.2) is 6.61 Å². The van der Waals surface area contributed by atoms with Gasteiger partial charge in [-0.05, 0) is 55.5 Å². The van der Waals surface area contributed by atoms with Crippen LogP contribution >= 0.6 is 0 Å². The highest BCUT2D eigenvalue weighted by molar-refractivity contribution is 5.88. The first-order chi connectivity index (χ1) is 16.0. The first-order valence-corrected chi connectivity index (χ1v) is 11.9. The maximum atomic E-state index is 13.4. The van der Waals surface area contributed by atoms with Crippen molar-refractivity contribution < 1.29 is 19.1 Å². The van der Waals surface area contributed by atoms with Gasteiger partial charge in [0.05, 0.1) is 7.11 Å². The van der Waals surface area contributed by atoms with Crippen molar-refractivity contribution in [3.05, 3.63) is 59.7 Å². The Morgan fingerprint density at radius 2 is 1.85 bits per heavy atom. The quantitative estimate of drug-likeness (QED) is 0.570. The zero-order chi connectivity index (χ0) is 23.6. The summed E-state index contributed by atoms with van der Waals surface area (Å²) in [6, 6.07) is 14.8. The fraction of sp³-hybridized carbons (Fsp3) is 0.481. The van der Waals surface area contributed by atoms with E-state index in [0.717, 1.165) is 42.6 Å². The lowest BCUT2D eigenvalue weighted by Gasteiger charge is -2.32. The third-order valence-corrected chi connectivity index (χ3v) is 6.27. The zero-order valence-electron chi connectivity index (χ0n) is 20.0. The number of ether oxygens (including phenoxy) is 2. The largest absolute Gasteiger partial charge is 0.497 e.